The Balaban J connectivity index is 1.84. The molecule has 2 rings (SSSR count). The van der Waals surface area contributed by atoms with Crippen molar-refractivity contribution in [1.29, 1.82) is 0 Å². The van der Waals surface area contributed by atoms with Crippen molar-refractivity contribution in [2.75, 3.05) is 18.9 Å². The summed E-state index contributed by atoms with van der Waals surface area (Å²) in [7, 11) is 0. The third-order valence-corrected chi connectivity index (χ3v) is 2.24. The van der Waals surface area contributed by atoms with Crippen molar-refractivity contribution < 1.29 is 14.2 Å². The molecule has 15 heavy (non-hydrogen) atoms. The monoisotopic (exact) mass is 212 g/mol. The van der Waals surface area contributed by atoms with Crippen LogP contribution in [0.4, 0.5) is 5.82 Å². The Bertz CT molecular complexity index is 345. The van der Waals surface area contributed by atoms with Gasteiger partial charge in [-0.15, -0.1) is 0 Å². The van der Waals surface area contributed by atoms with Gasteiger partial charge in [-0.2, -0.15) is 0 Å². The van der Waals surface area contributed by atoms with Gasteiger partial charge in [0, 0.05) is 13.2 Å². The van der Waals surface area contributed by atoms with Gasteiger partial charge in [-0.05, 0) is 23.2 Å². The highest BCUT2D eigenvalue weighted by Gasteiger charge is 2.19. The third-order valence-electron chi connectivity index (χ3n) is 2.24. The highest BCUT2D eigenvalue weighted by Crippen LogP contribution is 2.11. The summed E-state index contributed by atoms with van der Waals surface area (Å²) in [6.07, 6.45) is 2.09. The van der Waals surface area contributed by atoms with Gasteiger partial charge in [-0.1, -0.05) is 0 Å². The van der Waals surface area contributed by atoms with Gasteiger partial charge in [0.25, 0.3) is 5.91 Å². The number of nitrogen functional groups attached to an aromatic ring is 1. The van der Waals surface area contributed by atoms with Gasteiger partial charge in [0.1, 0.15) is 0 Å². The molecule has 1 amide bonds. The summed E-state index contributed by atoms with van der Waals surface area (Å²) in [5.74, 6) is -0.385. The molecule has 1 aliphatic rings. The number of aromatic nitrogens is 2. The van der Waals surface area contributed by atoms with E-state index >= 15 is 0 Å². The summed E-state index contributed by atoms with van der Waals surface area (Å²) in [5, 5.41) is 9.38. The van der Waals surface area contributed by atoms with Gasteiger partial charge in [0.2, 0.25) is 11.5 Å². The molecule has 1 fully saturated rings. The summed E-state index contributed by atoms with van der Waals surface area (Å²) < 4.78 is 9.67. The first-order chi connectivity index (χ1) is 7.27. The summed E-state index contributed by atoms with van der Waals surface area (Å²) in [4.78, 5) is 11.5. The molecule has 0 saturated carbocycles. The minimum Gasteiger partial charge on any atom is -0.379 e. The van der Waals surface area contributed by atoms with E-state index < -0.39 is 0 Å². The highest BCUT2D eigenvalue weighted by molar-refractivity contribution is 5.95. The fraction of sp³-hybridized carbons (Fsp3) is 0.625. The Morgan fingerprint density at radius 1 is 1.60 bits per heavy atom. The molecule has 0 radical (unpaired) electrons. The summed E-state index contributed by atoms with van der Waals surface area (Å²) in [6.45, 7) is 1.22. The van der Waals surface area contributed by atoms with Crippen LogP contribution in [0.5, 0.6) is 0 Å². The lowest BCUT2D eigenvalue weighted by molar-refractivity contribution is 0.0850. The first-order valence-electron chi connectivity index (χ1n) is 4.75. The number of nitrogens with zero attached hydrogens (tertiary/aromatic N) is 2. The fourth-order valence-electron chi connectivity index (χ4n) is 1.45. The molecule has 0 bridgehead atoms. The quantitative estimate of drug-likeness (QED) is 0.704. The second-order valence-electron chi connectivity index (χ2n) is 3.34. The first kappa shape index (κ1) is 9.91. The number of ether oxygens (including phenoxy) is 1. The average Bonchev–Trinajstić information content (AvgIpc) is 2.84. The zero-order valence-corrected chi connectivity index (χ0v) is 8.10. The van der Waals surface area contributed by atoms with Gasteiger partial charge in [0.15, 0.2) is 0 Å². The van der Waals surface area contributed by atoms with E-state index in [4.69, 9.17) is 10.5 Å². The standard InChI is InChI=1S/C8H12N4O3/c9-7-6(11-15-12-7)8(13)10-4-5-2-1-3-14-5/h5H,1-4H2,(H2,9,12)(H,10,13). The second-order valence-corrected chi connectivity index (χ2v) is 3.34. The maximum absolute atomic E-state index is 11.5. The van der Waals surface area contributed by atoms with Gasteiger partial charge >= 0.3 is 0 Å². The normalized spacial score (nSPS) is 20.4. The Hall–Kier alpha value is -1.63. The molecule has 0 spiro atoms. The maximum Gasteiger partial charge on any atom is 0.277 e. The van der Waals surface area contributed by atoms with Crippen LogP contribution in [-0.4, -0.2) is 35.5 Å². The topological polar surface area (TPSA) is 103 Å². The number of nitrogens with two attached hydrogens (primary N) is 1. The number of rotatable bonds is 3. The van der Waals surface area contributed by atoms with Crippen molar-refractivity contribution >= 4 is 11.7 Å². The highest BCUT2D eigenvalue weighted by atomic mass is 16.6. The van der Waals surface area contributed by atoms with E-state index in [1.165, 1.54) is 0 Å². The maximum atomic E-state index is 11.5. The van der Waals surface area contributed by atoms with Crippen LogP contribution in [0.25, 0.3) is 0 Å². The van der Waals surface area contributed by atoms with Gasteiger partial charge < -0.3 is 15.8 Å². The van der Waals surface area contributed by atoms with E-state index in [1.807, 2.05) is 0 Å². The predicted octanol–water partition coefficient (Wildman–Crippen LogP) is -0.439. The van der Waals surface area contributed by atoms with Crippen LogP contribution in [0, 0.1) is 0 Å². The SMILES string of the molecule is Nc1nonc1C(=O)NCC1CCCO1. The van der Waals surface area contributed by atoms with Crippen molar-refractivity contribution in [3.63, 3.8) is 0 Å². The second kappa shape index (κ2) is 4.26. The number of anilines is 1. The number of hydrogen-bond donors (Lipinski definition) is 2. The molecular weight excluding hydrogens is 200 g/mol. The van der Waals surface area contributed by atoms with Crippen LogP contribution >= 0.6 is 0 Å². The number of hydrogen-bond acceptors (Lipinski definition) is 6. The number of nitrogens with one attached hydrogen (secondary N) is 1. The van der Waals surface area contributed by atoms with Crippen LogP contribution in [0.3, 0.4) is 0 Å². The van der Waals surface area contributed by atoms with E-state index in [0.29, 0.717) is 6.54 Å². The minimum absolute atomic E-state index is 0.000148. The molecule has 82 valence electrons. The summed E-state index contributed by atoms with van der Waals surface area (Å²) in [5.41, 5.74) is 5.39. The van der Waals surface area contributed by atoms with E-state index in [2.05, 4.69) is 20.3 Å². The van der Waals surface area contributed by atoms with Crippen LogP contribution in [0.1, 0.15) is 23.3 Å². The van der Waals surface area contributed by atoms with Crippen LogP contribution in [0.2, 0.25) is 0 Å². The minimum atomic E-state index is -0.385. The molecule has 7 heteroatoms. The summed E-state index contributed by atoms with van der Waals surface area (Å²) in [6, 6.07) is 0. The molecule has 2 heterocycles. The molecule has 1 unspecified atom stereocenters. The number of carbonyl (C=O) groups excluding carboxylic acids is 1. The molecule has 1 aromatic heterocycles. The van der Waals surface area contributed by atoms with Gasteiger partial charge in [0.05, 0.1) is 6.10 Å². The zero-order valence-electron chi connectivity index (χ0n) is 8.10. The first-order valence-corrected chi connectivity index (χ1v) is 4.75. The van der Waals surface area contributed by atoms with E-state index in [0.717, 1.165) is 19.4 Å². The molecular formula is C8H12N4O3. The molecule has 1 atom stereocenters. The Morgan fingerprint density at radius 3 is 3.07 bits per heavy atom. The van der Waals surface area contributed by atoms with Crippen LogP contribution in [0.15, 0.2) is 4.63 Å². The molecule has 3 N–H and O–H groups in total. The van der Waals surface area contributed by atoms with Crippen LogP contribution < -0.4 is 11.1 Å². The summed E-state index contributed by atoms with van der Waals surface area (Å²) >= 11 is 0. The fourth-order valence-corrected chi connectivity index (χ4v) is 1.45. The largest absolute Gasteiger partial charge is 0.379 e. The Labute approximate surface area is 85.9 Å². The molecule has 1 aromatic rings. The van der Waals surface area contributed by atoms with Crippen LogP contribution in [-0.2, 0) is 4.74 Å². The molecule has 1 saturated heterocycles. The predicted molar refractivity (Wildman–Crippen MR) is 50.0 cm³/mol. The number of amides is 1. The third kappa shape index (κ3) is 2.24. The van der Waals surface area contributed by atoms with Gasteiger partial charge in [-0.25, -0.2) is 4.63 Å². The van der Waals surface area contributed by atoms with Crippen molar-refractivity contribution in [3.05, 3.63) is 5.69 Å². The lowest BCUT2D eigenvalue weighted by Gasteiger charge is -2.09. The van der Waals surface area contributed by atoms with Crippen molar-refractivity contribution in [1.82, 2.24) is 15.6 Å². The zero-order chi connectivity index (χ0) is 10.7. The average molecular weight is 212 g/mol. The van der Waals surface area contributed by atoms with Crippen molar-refractivity contribution in [2.24, 2.45) is 0 Å². The Morgan fingerprint density at radius 2 is 2.47 bits per heavy atom. The van der Waals surface area contributed by atoms with E-state index in [9.17, 15) is 4.79 Å². The smallest absolute Gasteiger partial charge is 0.277 e. The lowest BCUT2D eigenvalue weighted by Crippen LogP contribution is -2.32. The van der Waals surface area contributed by atoms with E-state index in [-0.39, 0.29) is 23.5 Å². The Kier molecular flexibility index (Phi) is 2.82. The lowest BCUT2D eigenvalue weighted by atomic mass is 10.2. The number of carbonyl (C=O) groups is 1. The van der Waals surface area contributed by atoms with Crippen molar-refractivity contribution in [3.8, 4) is 0 Å². The molecule has 1 aliphatic heterocycles. The van der Waals surface area contributed by atoms with Crippen molar-refractivity contribution in [2.45, 2.75) is 18.9 Å². The van der Waals surface area contributed by atoms with E-state index in [1.54, 1.807) is 0 Å². The molecule has 7 nitrogen and oxygen atoms in total. The molecule has 0 aromatic carbocycles. The van der Waals surface area contributed by atoms with Gasteiger partial charge in [-0.3, -0.25) is 4.79 Å². The molecule has 0 aliphatic carbocycles.